The van der Waals surface area contributed by atoms with Crippen molar-refractivity contribution in [3.8, 4) is 0 Å². The van der Waals surface area contributed by atoms with Crippen molar-refractivity contribution < 1.29 is 0 Å². The summed E-state index contributed by atoms with van der Waals surface area (Å²) in [6.07, 6.45) is 1.12. The largest absolute Gasteiger partial charge is 0.369 e. The number of halogens is 1. The van der Waals surface area contributed by atoms with Gasteiger partial charge in [-0.1, -0.05) is 36.7 Å². The number of nitrogens with zero attached hydrogens (tertiary/aromatic N) is 1. The lowest BCUT2D eigenvalue weighted by molar-refractivity contribution is 0.468. The van der Waals surface area contributed by atoms with E-state index in [9.17, 15) is 0 Å². The fraction of sp³-hybridized carbons (Fsp3) is 0.647. The van der Waals surface area contributed by atoms with E-state index in [1.54, 1.807) is 0 Å². The highest BCUT2D eigenvalue weighted by Crippen LogP contribution is 2.30. The topological polar surface area (TPSA) is 15.3 Å². The van der Waals surface area contributed by atoms with Crippen LogP contribution in [0.2, 0.25) is 0 Å². The molecule has 0 saturated heterocycles. The standard InChI is InChI=1S/C17H29BrN2/c1-7-17(4,5)20(6)16-9-8-15(18)10-14(16)12-19-11-13(2)3/h8-10,13,19H,7,11-12H2,1-6H3. The van der Waals surface area contributed by atoms with Crippen molar-refractivity contribution in [1.82, 2.24) is 5.32 Å². The van der Waals surface area contributed by atoms with E-state index >= 15 is 0 Å². The quantitative estimate of drug-likeness (QED) is 0.765. The average Bonchev–Trinajstić information content (AvgIpc) is 2.37. The van der Waals surface area contributed by atoms with Crippen LogP contribution in [0.4, 0.5) is 5.69 Å². The maximum Gasteiger partial charge on any atom is 0.0414 e. The first-order chi connectivity index (χ1) is 9.27. The van der Waals surface area contributed by atoms with Gasteiger partial charge in [0.25, 0.3) is 0 Å². The van der Waals surface area contributed by atoms with Gasteiger partial charge < -0.3 is 10.2 Å². The first kappa shape index (κ1) is 17.5. The van der Waals surface area contributed by atoms with E-state index in [0.29, 0.717) is 5.92 Å². The van der Waals surface area contributed by atoms with Crippen LogP contribution >= 0.6 is 15.9 Å². The molecule has 0 aliphatic rings. The molecule has 20 heavy (non-hydrogen) atoms. The number of benzene rings is 1. The minimum absolute atomic E-state index is 0.167. The second-order valence-corrected chi connectivity index (χ2v) is 7.44. The summed E-state index contributed by atoms with van der Waals surface area (Å²) < 4.78 is 1.14. The lowest BCUT2D eigenvalue weighted by Gasteiger charge is -2.38. The van der Waals surface area contributed by atoms with E-state index in [4.69, 9.17) is 0 Å². The zero-order chi connectivity index (χ0) is 15.3. The van der Waals surface area contributed by atoms with Crippen LogP contribution in [0.25, 0.3) is 0 Å². The van der Waals surface area contributed by atoms with E-state index < -0.39 is 0 Å². The van der Waals surface area contributed by atoms with Crippen molar-refractivity contribution in [3.05, 3.63) is 28.2 Å². The van der Waals surface area contributed by atoms with E-state index in [0.717, 1.165) is 24.0 Å². The van der Waals surface area contributed by atoms with Gasteiger partial charge in [-0.2, -0.15) is 0 Å². The van der Waals surface area contributed by atoms with Gasteiger partial charge in [-0.3, -0.25) is 0 Å². The molecule has 1 rings (SSSR count). The predicted molar refractivity (Wildman–Crippen MR) is 93.5 cm³/mol. The Morgan fingerprint density at radius 1 is 1.30 bits per heavy atom. The van der Waals surface area contributed by atoms with Crippen LogP contribution < -0.4 is 10.2 Å². The number of hydrogen-bond donors (Lipinski definition) is 1. The molecule has 1 aromatic carbocycles. The van der Waals surface area contributed by atoms with E-state index in [1.807, 2.05) is 0 Å². The molecule has 0 atom stereocenters. The maximum atomic E-state index is 3.59. The molecule has 0 aliphatic heterocycles. The van der Waals surface area contributed by atoms with Gasteiger partial charge >= 0.3 is 0 Å². The Labute approximate surface area is 133 Å². The van der Waals surface area contributed by atoms with Crippen molar-refractivity contribution in [1.29, 1.82) is 0 Å². The van der Waals surface area contributed by atoms with Crippen LogP contribution in [0, 0.1) is 5.92 Å². The van der Waals surface area contributed by atoms with Crippen LogP contribution in [0.1, 0.15) is 46.6 Å². The van der Waals surface area contributed by atoms with E-state index in [-0.39, 0.29) is 5.54 Å². The highest BCUT2D eigenvalue weighted by Gasteiger charge is 2.23. The SMILES string of the molecule is CCC(C)(C)N(C)c1ccc(Br)cc1CNCC(C)C. The number of anilines is 1. The molecule has 0 bridgehead atoms. The van der Waals surface area contributed by atoms with Crippen LogP contribution in [-0.4, -0.2) is 19.1 Å². The molecule has 0 amide bonds. The van der Waals surface area contributed by atoms with Gasteiger partial charge in [-0.05, 0) is 56.5 Å². The fourth-order valence-electron chi connectivity index (χ4n) is 2.08. The second kappa shape index (κ2) is 7.46. The van der Waals surface area contributed by atoms with Crippen molar-refractivity contribution in [2.24, 2.45) is 5.92 Å². The van der Waals surface area contributed by atoms with Crippen LogP contribution in [-0.2, 0) is 6.54 Å². The zero-order valence-electron chi connectivity index (χ0n) is 13.8. The third kappa shape index (κ3) is 4.78. The molecule has 0 aromatic heterocycles. The number of nitrogens with one attached hydrogen (secondary N) is 1. The molecule has 0 heterocycles. The summed E-state index contributed by atoms with van der Waals surface area (Å²) in [4.78, 5) is 2.39. The summed E-state index contributed by atoms with van der Waals surface area (Å²) in [6.45, 7) is 13.3. The van der Waals surface area contributed by atoms with Gasteiger partial charge in [0.05, 0.1) is 0 Å². The predicted octanol–water partition coefficient (Wildman–Crippen LogP) is 4.82. The number of rotatable bonds is 7. The Kier molecular flexibility index (Phi) is 6.53. The van der Waals surface area contributed by atoms with Crippen LogP contribution in [0.5, 0.6) is 0 Å². The highest BCUT2D eigenvalue weighted by atomic mass is 79.9. The third-order valence-corrected chi connectivity index (χ3v) is 4.54. The molecule has 1 aromatic rings. The monoisotopic (exact) mass is 340 g/mol. The molecule has 3 heteroatoms. The van der Waals surface area contributed by atoms with Crippen molar-refractivity contribution >= 4 is 21.6 Å². The molecule has 1 N–H and O–H groups in total. The minimum atomic E-state index is 0.167. The molecule has 0 aliphatic carbocycles. The Bertz CT molecular complexity index is 427. The third-order valence-electron chi connectivity index (χ3n) is 4.04. The lowest BCUT2D eigenvalue weighted by atomic mass is 9.98. The smallest absolute Gasteiger partial charge is 0.0414 e. The van der Waals surface area contributed by atoms with Crippen LogP contribution in [0.3, 0.4) is 0 Å². The minimum Gasteiger partial charge on any atom is -0.369 e. The van der Waals surface area contributed by atoms with Crippen molar-refractivity contribution in [3.63, 3.8) is 0 Å². The van der Waals surface area contributed by atoms with Gasteiger partial charge in [-0.15, -0.1) is 0 Å². The number of hydrogen-bond acceptors (Lipinski definition) is 2. The van der Waals surface area contributed by atoms with Gasteiger partial charge in [0, 0.05) is 29.3 Å². The molecular formula is C17H29BrN2. The van der Waals surface area contributed by atoms with Gasteiger partial charge in [0.1, 0.15) is 0 Å². The molecule has 0 unspecified atom stereocenters. The zero-order valence-corrected chi connectivity index (χ0v) is 15.3. The van der Waals surface area contributed by atoms with E-state index in [2.05, 4.69) is 86.0 Å². The Hall–Kier alpha value is -0.540. The average molecular weight is 341 g/mol. The van der Waals surface area contributed by atoms with E-state index in [1.165, 1.54) is 11.3 Å². The summed E-state index contributed by atoms with van der Waals surface area (Å²) in [7, 11) is 2.19. The summed E-state index contributed by atoms with van der Waals surface area (Å²) in [6, 6.07) is 6.57. The second-order valence-electron chi connectivity index (χ2n) is 6.52. The highest BCUT2D eigenvalue weighted by molar-refractivity contribution is 9.10. The Morgan fingerprint density at radius 2 is 1.95 bits per heavy atom. The summed E-state index contributed by atoms with van der Waals surface area (Å²) in [5.74, 6) is 0.676. The first-order valence-corrected chi connectivity index (χ1v) is 8.30. The van der Waals surface area contributed by atoms with Gasteiger partial charge in [0.15, 0.2) is 0 Å². The summed E-state index contributed by atoms with van der Waals surface area (Å²) in [5, 5.41) is 3.55. The van der Waals surface area contributed by atoms with Crippen LogP contribution in [0.15, 0.2) is 22.7 Å². The molecule has 2 nitrogen and oxygen atoms in total. The molecule has 114 valence electrons. The molecule has 0 fully saturated rings. The Morgan fingerprint density at radius 3 is 2.50 bits per heavy atom. The summed E-state index contributed by atoms with van der Waals surface area (Å²) >= 11 is 3.59. The maximum absolute atomic E-state index is 3.59. The normalized spacial score (nSPS) is 12.0. The molecule has 0 saturated carbocycles. The molecular weight excluding hydrogens is 312 g/mol. The first-order valence-electron chi connectivity index (χ1n) is 7.51. The van der Waals surface area contributed by atoms with Crippen molar-refractivity contribution in [2.45, 2.75) is 53.1 Å². The Balaban J connectivity index is 2.95. The van der Waals surface area contributed by atoms with Gasteiger partial charge in [-0.25, -0.2) is 0 Å². The van der Waals surface area contributed by atoms with Gasteiger partial charge in [0.2, 0.25) is 0 Å². The lowest BCUT2D eigenvalue weighted by Crippen LogP contribution is -2.41. The molecule has 0 spiro atoms. The molecule has 0 radical (unpaired) electrons. The fourth-order valence-corrected chi connectivity index (χ4v) is 2.49. The summed E-state index contributed by atoms with van der Waals surface area (Å²) in [5.41, 5.74) is 2.83. The van der Waals surface area contributed by atoms with Crippen molar-refractivity contribution in [2.75, 3.05) is 18.5 Å².